The molecule has 0 amide bonds. The predicted molar refractivity (Wildman–Crippen MR) is 91.9 cm³/mol. The van der Waals surface area contributed by atoms with Crippen LogP contribution in [0.3, 0.4) is 0 Å². The quantitative estimate of drug-likeness (QED) is 0.846. The third-order valence-electron chi connectivity index (χ3n) is 5.30. The van der Waals surface area contributed by atoms with Gasteiger partial charge in [0.1, 0.15) is 5.75 Å². The van der Waals surface area contributed by atoms with E-state index in [1.807, 2.05) is 0 Å². The molecule has 4 rings (SSSR count). The fourth-order valence-electron chi connectivity index (χ4n) is 4.22. The molecule has 0 spiro atoms. The second kappa shape index (κ2) is 5.17. The summed E-state index contributed by atoms with van der Waals surface area (Å²) in [6.45, 7) is 6.91. The van der Waals surface area contributed by atoms with Crippen LogP contribution < -0.4 is 9.64 Å². The first-order valence-electron chi connectivity index (χ1n) is 8.16. The van der Waals surface area contributed by atoms with Crippen molar-refractivity contribution < 1.29 is 4.74 Å². The van der Waals surface area contributed by atoms with Gasteiger partial charge in [0.2, 0.25) is 0 Å². The molecule has 2 fully saturated rings. The van der Waals surface area contributed by atoms with Crippen molar-refractivity contribution in [2.45, 2.75) is 6.92 Å². The smallest absolute Gasteiger partial charge is 0.142 e. The second-order valence-electron chi connectivity index (χ2n) is 7.02. The van der Waals surface area contributed by atoms with E-state index in [4.69, 9.17) is 4.74 Å². The van der Waals surface area contributed by atoms with E-state index >= 15 is 0 Å². The summed E-state index contributed by atoms with van der Waals surface area (Å²) in [5.41, 5.74) is 2.55. The van der Waals surface area contributed by atoms with Crippen LogP contribution in [-0.2, 0) is 0 Å². The second-order valence-corrected chi connectivity index (χ2v) is 7.02. The normalized spacial score (nSPS) is 25.0. The summed E-state index contributed by atoms with van der Waals surface area (Å²) in [6.07, 6.45) is 0. The lowest BCUT2D eigenvalue weighted by Crippen LogP contribution is -2.26. The van der Waals surface area contributed by atoms with E-state index in [2.05, 4.69) is 54.1 Å². The first-order chi connectivity index (χ1) is 10.6. The van der Waals surface area contributed by atoms with Gasteiger partial charge >= 0.3 is 0 Å². The molecule has 22 heavy (non-hydrogen) atoms. The van der Waals surface area contributed by atoms with Gasteiger partial charge in [-0.25, -0.2) is 0 Å². The van der Waals surface area contributed by atoms with Crippen molar-refractivity contribution in [3.63, 3.8) is 0 Å². The number of anilines is 1. The number of likely N-dealkylation sites (tertiary alicyclic amines) is 1. The highest BCUT2D eigenvalue weighted by atomic mass is 16.5. The Morgan fingerprint density at radius 2 is 1.68 bits per heavy atom. The lowest BCUT2D eigenvalue weighted by atomic mass is 10.0. The maximum atomic E-state index is 5.70. The summed E-state index contributed by atoms with van der Waals surface area (Å²) in [5, 5.41) is 2.57. The molecular formula is C19H24N2O. The minimum absolute atomic E-state index is 0.809. The molecule has 2 unspecified atom stereocenters. The van der Waals surface area contributed by atoms with E-state index in [0.29, 0.717) is 0 Å². The molecule has 2 heterocycles. The highest BCUT2D eigenvalue weighted by Gasteiger charge is 2.39. The van der Waals surface area contributed by atoms with Crippen LogP contribution in [0.15, 0.2) is 30.3 Å². The van der Waals surface area contributed by atoms with Crippen LogP contribution in [-0.4, -0.2) is 45.2 Å². The van der Waals surface area contributed by atoms with E-state index < -0.39 is 0 Å². The van der Waals surface area contributed by atoms with E-state index in [9.17, 15) is 0 Å². The van der Waals surface area contributed by atoms with Crippen molar-refractivity contribution >= 4 is 16.5 Å². The molecule has 2 aromatic carbocycles. The van der Waals surface area contributed by atoms with Gasteiger partial charge in [0, 0.05) is 26.2 Å². The van der Waals surface area contributed by atoms with Gasteiger partial charge in [-0.05, 0) is 48.7 Å². The Kier molecular flexibility index (Phi) is 3.26. The molecule has 2 aromatic rings. The monoisotopic (exact) mass is 296 g/mol. The van der Waals surface area contributed by atoms with Gasteiger partial charge in [-0.15, -0.1) is 0 Å². The SMILES string of the molecule is COc1cc2cc(C)ccc2cc1N1CC2CN(C)CC2C1. The van der Waals surface area contributed by atoms with Crippen molar-refractivity contribution in [1.29, 1.82) is 0 Å². The zero-order valence-corrected chi connectivity index (χ0v) is 13.7. The summed E-state index contributed by atoms with van der Waals surface area (Å²) in [5.74, 6) is 2.62. The molecule has 0 aromatic heterocycles. The third-order valence-corrected chi connectivity index (χ3v) is 5.30. The predicted octanol–water partition coefficient (Wildman–Crippen LogP) is 3.15. The first-order valence-corrected chi connectivity index (χ1v) is 8.16. The summed E-state index contributed by atoms with van der Waals surface area (Å²) >= 11 is 0. The highest BCUT2D eigenvalue weighted by Crippen LogP contribution is 2.39. The maximum Gasteiger partial charge on any atom is 0.142 e. The summed E-state index contributed by atoms with van der Waals surface area (Å²) in [6, 6.07) is 11.1. The molecule has 0 saturated carbocycles. The molecule has 2 aliphatic rings. The average Bonchev–Trinajstić information content (AvgIpc) is 3.02. The Morgan fingerprint density at radius 3 is 2.36 bits per heavy atom. The minimum atomic E-state index is 0.809. The lowest BCUT2D eigenvalue weighted by molar-refractivity contribution is 0.385. The van der Waals surface area contributed by atoms with E-state index in [1.165, 1.54) is 35.1 Å². The largest absolute Gasteiger partial charge is 0.495 e. The highest BCUT2D eigenvalue weighted by molar-refractivity contribution is 5.89. The van der Waals surface area contributed by atoms with Crippen molar-refractivity contribution in [3.05, 3.63) is 35.9 Å². The summed E-state index contributed by atoms with van der Waals surface area (Å²) in [7, 11) is 4.02. The van der Waals surface area contributed by atoms with Crippen LogP contribution in [0, 0.1) is 18.8 Å². The van der Waals surface area contributed by atoms with Gasteiger partial charge in [-0.1, -0.05) is 23.8 Å². The standard InChI is InChI=1S/C19H24N2O/c1-13-4-5-14-7-18(19(22-3)8-15(14)6-13)21-11-16-9-20(2)10-17(16)12-21/h4-8,16-17H,9-12H2,1-3H3. The fraction of sp³-hybridized carbons (Fsp3) is 0.474. The summed E-state index contributed by atoms with van der Waals surface area (Å²) in [4.78, 5) is 4.99. The molecule has 116 valence electrons. The Labute approximate surface area is 132 Å². The maximum absolute atomic E-state index is 5.70. The Morgan fingerprint density at radius 1 is 0.955 bits per heavy atom. The van der Waals surface area contributed by atoms with Gasteiger partial charge < -0.3 is 14.5 Å². The van der Waals surface area contributed by atoms with Gasteiger partial charge in [0.05, 0.1) is 12.8 Å². The molecular weight excluding hydrogens is 272 g/mol. The number of benzene rings is 2. The Bertz CT molecular complexity index is 698. The van der Waals surface area contributed by atoms with Crippen LogP contribution in [0.5, 0.6) is 5.75 Å². The van der Waals surface area contributed by atoms with Gasteiger partial charge in [0.25, 0.3) is 0 Å². The van der Waals surface area contributed by atoms with Crippen molar-refractivity contribution in [3.8, 4) is 5.75 Å². The fourth-order valence-corrected chi connectivity index (χ4v) is 4.22. The Hall–Kier alpha value is -1.74. The molecule has 2 saturated heterocycles. The molecule has 2 aliphatic heterocycles. The molecule has 0 N–H and O–H groups in total. The molecule has 3 heteroatoms. The minimum Gasteiger partial charge on any atom is -0.495 e. The number of fused-ring (bicyclic) bond motifs is 2. The zero-order valence-electron chi connectivity index (χ0n) is 13.7. The van der Waals surface area contributed by atoms with Crippen molar-refractivity contribution in [1.82, 2.24) is 4.90 Å². The Balaban J connectivity index is 1.71. The number of methoxy groups -OCH3 is 1. The van der Waals surface area contributed by atoms with Crippen LogP contribution in [0.4, 0.5) is 5.69 Å². The van der Waals surface area contributed by atoms with E-state index in [1.54, 1.807) is 7.11 Å². The van der Waals surface area contributed by atoms with E-state index in [0.717, 1.165) is 30.7 Å². The number of ether oxygens (including phenoxy) is 1. The van der Waals surface area contributed by atoms with Crippen molar-refractivity contribution in [2.75, 3.05) is 45.2 Å². The van der Waals surface area contributed by atoms with Crippen LogP contribution in [0.2, 0.25) is 0 Å². The number of aryl methyl sites for hydroxylation is 1. The number of hydrogen-bond donors (Lipinski definition) is 0. The molecule has 0 radical (unpaired) electrons. The van der Waals surface area contributed by atoms with Crippen molar-refractivity contribution in [2.24, 2.45) is 11.8 Å². The number of hydrogen-bond acceptors (Lipinski definition) is 3. The van der Waals surface area contributed by atoms with Gasteiger partial charge in [-0.3, -0.25) is 0 Å². The zero-order chi connectivity index (χ0) is 15.3. The lowest BCUT2D eigenvalue weighted by Gasteiger charge is -2.24. The number of nitrogens with zero attached hydrogens (tertiary/aromatic N) is 2. The molecule has 2 atom stereocenters. The molecule has 0 bridgehead atoms. The molecule has 0 aliphatic carbocycles. The van der Waals surface area contributed by atoms with Crippen LogP contribution in [0.25, 0.3) is 10.8 Å². The van der Waals surface area contributed by atoms with Gasteiger partial charge in [0.15, 0.2) is 0 Å². The average molecular weight is 296 g/mol. The third kappa shape index (κ3) is 2.24. The van der Waals surface area contributed by atoms with E-state index in [-0.39, 0.29) is 0 Å². The summed E-state index contributed by atoms with van der Waals surface area (Å²) < 4.78 is 5.70. The number of rotatable bonds is 2. The first kappa shape index (κ1) is 13.9. The topological polar surface area (TPSA) is 15.7 Å². The van der Waals surface area contributed by atoms with Crippen LogP contribution >= 0.6 is 0 Å². The van der Waals surface area contributed by atoms with Gasteiger partial charge in [-0.2, -0.15) is 0 Å². The molecule has 3 nitrogen and oxygen atoms in total. The van der Waals surface area contributed by atoms with Crippen LogP contribution in [0.1, 0.15) is 5.56 Å².